The van der Waals surface area contributed by atoms with Gasteiger partial charge in [-0.3, -0.25) is 0 Å². The summed E-state index contributed by atoms with van der Waals surface area (Å²) in [6.07, 6.45) is 4.57. The van der Waals surface area contributed by atoms with Crippen molar-refractivity contribution >= 4 is 14.5 Å². The summed E-state index contributed by atoms with van der Waals surface area (Å²) < 4.78 is 0. The first kappa shape index (κ1) is 19.4. The van der Waals surface area contributed by atoms with Crippen LogP contribution in [0.3, 0.4) is 0 Å². The Hall–Kier alpha value is 1.39. The fourth-order valence-electron chi connectivity index (χ4n) is 2.78. The summed E-state index contributed by atoms with van der Waals surface area (Å²) in [6.45, 7) is 2.24. The molecule has 0 saturated heterocycles. The van der Waals surface area contributed by atoms with Crippen LogP contribution in [0.15, 0.2) is 36.4 Å². The first-order valence-electron chi connectivity index (χ1n) is 6.68. The van der Waals surface area contributed by atoms with Gasteiger partial charge < -0.3 is 0 Å². The van der Waals surface area contributed by atoms with Crippen LogP contribution < -0.4 is 5.30 Å². The molecule has 2 aromatic carbocycles. The van der Waals surface area contributed by atoms with Gasteiger partial charge >= 0.3 is 0 Å². The van der Waals surface area contributed by atoms with E-state index in [2.05, 4.69) is 52.6 Å². The molecule has 4 aliphatic carbocycles. The number of hydrogen-bond donors (Lipinski definition) is 0. The van der Waals surface area contributed by atoms with Crippen LogP contribution >= 0.6 is 9.24 Å². The molecule has 0 radical (unpaired) electrons. The van der Waals surface area contributed by atoms with E-state index in [1.165, 1.54) is 33.1 Å². The topological polar surface area (TPSA) is 0 Å². The van der Waals surface area contributed by atoms with Gasteiger partial charge in [-0.1, -0.05) is 36.4 Å². The summed E-state index contributed by atoms with van der Waals surface area (Å²) >= 11 is 0. The molecule has 4 bridgehead atoms. The predicted octanol–water partition coefficient (Wildman–Crippen LogP) is 3.38. The second kappa shape index (κ2) is 8.87. The molecule has 0 amide bonds. The van der Waals surface area contributed by atoms with Gasteiger partial charge in [0.15, 0.2) is 0 Å². The van der Waals surface area contributed by atoms with Crippen molar-refractivity contribution in [2.75, 3.05) is 0 Å². The Morgan fingerprint density at radius 1 is 0.750 bits per heavy atom. The van der Waals surface area contributed by atoms with Crippen LogP contribution in [0.4, 0.5) is 0 Å². The number of hydrogen-bond acceptors (Lipinski definition) is 0. The van der Waals surface area contributed by atoms with E-state index in [4.69, 9.17) is 0 Å². The normalized spacial score (nSPS) is 12.9. The van der Waals surface area contributed by atoms with Crippen molar-refractivity contribution in [2.45, 2.75) is 32.6 Å². The van der Waals surface area contributed by atoms with Crippen LogP contribution in [0.25, 0.3) is 0 Å². The largest absolute Gasteiger partial charge is 0.105 e. The van der Waals surface area contributed by atoms with E-state index in [0.29, 0.717) is 0 Å². The fraction of sp³-hybridized carbons (Fsp3) is 0.294. The van der Waals surface area contributed by atoms with E-state index in [1.54, 1.807) is 0 Å². The molecule has 2 aromatic rings. The third-order valence-electron chi connectivity index (χ3n) is 3.98. The Morgan fingerprint density at radius 2 is 1.30 bits per heavy atom. The van der Waals surface area contributed by atoms with Gasteiger partial charge in [0.1, 0.15) is 0 Å². The van der Waals surface area contributed by atoms with E-state index in [9.17, 15) is 0 Å². The summed E-state index contributed by atoms with van der Waals surface area (Å²) in [5.74, 6) is 0. The molecule has 0 N–H and O–H groups in total. The van der Waals surface area contributed by atoms with Crippen molar-refractivity contribution in [3.05, 3.63) is 64.2 Å². The molecule has 0 aliphatic heterocycles. The van der Waals surface area contributed by atoms with Gasteiger partial charge in [0.25, 0.3) is 0 Å². The second-order valence-electron chi connectivity index (χ2n) is 5.29. The molecule has 4 aliphatic rings. The zero-order chi connectivity index (χ0) is 12.5. The van der Waals surface area contributed by atoms with Crippen LogP contribution in [0.5, 0.6) is 0 Å². The Bertz CT molecular complexity index is 540. The first-order valence-corrected chi connectivity index (χ1v) is 7.26. The molecule has 1 unspecified atom stereocenters. The average molecular weight is 334 g/mol. The number of benzene rings is 2. The molecule has 108 valence electrons. The van der Waals surface area contributed by atoms with Crippen molar-refractivity contribution in [3.8, 4) is 0 Å². The molecule has 0 fully saturated rings. The third-order valence-corrected chi connectivity index (χ3v) is 4.52. The summed E-state index contributed by atoms with van der Waals surface area (Å²) in [6, 6.07) is 13.9. The molecule has 0 aromatic heterocycles. The number of rotatable bonds is 0. The van der Waals surface area contributed by atoms with E-state index in [-0.39, 0.29) is 75.5 Å². The minimum atomic E-state index is 0. The summed E-state index contributed by atoms with van der Waals surface area (Å²) in [7, 11) is 2.89. The van der Waals surface area contributed by atoms with E-state index >= 15 is 0 Å². The van der Waals surface area contributed by atoms with Crippen LogP contribution in [0.1, 0.15) is 27.8 Å². The van der Waals surface area contributed by atoms with Crippen molar-refractivity contribution in [1.29, 1.82) is 0 Å². The fourth-order valence-corrected chi connectivity index (χ4v) is 3.23. The minimum Gasteiger partial charge on any atom is -0.105 e. The van der Waals surface area contributed by atoms with Gasteiger partial charge in [0, 0.05) is 75.5 Å². The van der Waals surface area contributed by atoms with Crippen LogP contribution in [0, 0.1) is 82.4 Å². The van der Waals surface area contributed by atoms with Gasteiger partial charge in [-0.25, -0.2) is 0 Å². The summed E-state index contributed by atoms with van der Waals surface area (Å²) in [4.78, 5) is 0. The van der Waals surface area contributed by atoms with Crippen LogP contribution in [0.2, 0.25) is 0 Å². The van der Waals surface area contributed by atoms with Crippen molar-refractivity contribution in [3.63, 3.8) is 0 Å². The monoisotopic (exact) mass is 334 g/mol. The maximum absolute atomic E-state index is 2.89. The summed E-state index contributed by atoms with van der Waals surface area (Å²) in [5.41, 5.74) is 7.33. The second-order valence-corrected chi connectivity index (χ2v) is 5.92. The molecule has 6 rings (SSSR count). The Morgan fingerprint density at radius 3 is 1.90 bits per heavy atom. The quantitative estimate of drug-likeness (QED) is 0.648. The third kappa shape index (κ3) is 4.69. The summed E-state index contributed by atoms with van der Waals surface area (Å²) in [5, 5.41) is 1.37. The average Bonchev–Trinajstić information content (AvgIpc) is 2.34. The van der Waals surface area contributed by atoms with Gasteiger partial charge in [0.05, 0.1) is 0 Å². The Labute approximate surface area is 184 Å². The van der Waals surface area contributed by atoms with Crippen molar-refractivity contribution in [1.82, 2.24) is 0 Å². The molecule has 0 saturated carbocycles. The van der Waals surface area contributed by atoms with Crippen molar-refractivity contribution < 1.29 is 75.5 Å². The standard InChI is InChI=1S/C17H19P.2Ar/c1-12-10-13-2-6-15(12)7-3-14-5-9-16(8-4-13)17(18)11-14;;/h2,5-6,9-11H,3-4,7-8,18H2,1H3;;. The zero-order valence-corrected chi connectivity index (χ0v) is 14.1. The molecule has 20 heavy (non-hydrogen) atoms. The predicted molar refractivity (Wildman–Crippen MR) is 81.8 cm³/mol. The molecular formula is C17H19Ar2P. The maximum atomic E-state index is 2.89. The van der Waals surface area contributed by atoms with E-state index < -0.39 is 0 Å². The molecule has 0 nitrogen and oxygen atoms in total. The van der Waals surface area contributed by atoms with E-state index in [0.717, 1.165) is 25.7 Å². The SMILES string of the molecule is Cc1cc2ccc1CCc1ccc(c(P)c1)CC2.[Ar].[Ar]. The Kier molecular flexibility index (Phi) is 8.62. The smallest absolute Gasteiger partial charge is 0 e. The van der Waals surface area contributed by atoms with Gasteiger partial charge in [0.2, 0.25) is 0 Å². The Balaban J connectivity index is 0.000001000. The first-order chi connectivity index (χ1) is 8.72. The molecule has 1 atom stereocenters. The van der Waals surface area contributed by atoms with Gasteiger partial charge in [-0.15, -0.1) is 9.24 Å². The van der Waals surface area contributed by atoms with Crippen LogP contribution in [-0.4, -0.2) is 0 Å². The van der Waals surface area contributed by atoms with Crippen LogP contribution in [-0.2, 0) is 25.7 Å². The van der Waals surface area contributed by atoms with Gasteiger partial charge in [-0.2, -0.15) is 0 Å². The molecular weight excluding hydrogens is 315 g/mol. The molecule has 3 heteroatoms. The molecule has 0 heterocycles. The van der Waals surface area contributed by atoms with Crippen molar-refractivity contribution in [2.24, 2.45) is 0 Å². The minimum absolute atomic E-state index is 0. The van der Waals surface area contributed by atoms with Gasteiger partial charge in [-0.05, 0) is 65.7 Å². The molecule has 0 spiro atoms. The van der Waals surface area contributed by atoms with E-state index in [1.807, 2.05) is 0 Å². The zero-order valence-electron chi connectivity index (χ0n) is 11.6. The number of aryl methyl sites for hydroxylation is 5. The maximum Gasteiger partial charge on any atom is 0 e.